The van der Waals surface area contributed by atoms with E-state index in [-0.39, 0.29) is 35.1 Å². The van der Waals surface area contributed by atoms with Crippen molar-refractivity contribution in [2.24, 2.45) is 0 Å². The number of halogens is 1. The molecule has 7 heteroatoms. The lowest BCUT2D eigenvalue weighted by Gasteiger charge is -2.10. The summed E-state index contributed by atoms with van der Waals surface area (Å²) in [6.07, 6.45) is 3.63. The average Bonchev–Trinajstić information content (AvgIpc) is 2.82. The second-order valence-corrected chi connectivity index (χ2v) is 8.72. The maximum Gasteiger partial charge on any atom is 0.405 e. The predicted molar refractivity (Wildman–Crippen MR) is 127 cm³/mol. The van der Waals surface area contributed by atoms with Crippen molar-refractivity contribution < 1.29 is 35.9 Å². The van der Waals surface area contributed by atoms with Gasteiger partial charge in [0.2, 0.25) is 0 Å². The first-order chi connectivity index (χ1) is 15.2. The molecule has 3 aromatic rings. The second kappa shape index (κ2) is 13.9. The fraction of sp³-hybridized carbons (Fsp3) is 0.160. The smallest absolute Gasteiger partial charge is 0.405 e. The first-order valence-corrected chi connectivity index (χ1v) is 11.9. The predicted octanol–water partition coefficient (Wildman–Crippen LogP) is 2.22. The number of ketones is 1. The molecular formula is C25H24BrNO3S2. The third-order valence-electron chi connectivity index (χ3n) is 4.28. The molecule has 0 fully saturated rings. The third-order valence-corrected chi connectivity index (χ3v) is 6.78. The van der Waals surface area contributed by atoms with Crippen molar-refractivity contribution in [2.75, 3.05) is 12.4 Å². The van der Waals surface area contributed by atoms with Gasteiger partial charge in [0, 0.05) is 23.4 Å². The highest BCUT2D eigenvalue weighted by Crippen LogP contribution is 2.35. The number of nitrogens with zero attached hydrogens (tertiary/aromatic N) is 1. The summed E-state index contributed by atoms with van der Waals surface area (Å²) in [6.45, 7) is 2.06. The molecule has 32 heavy (non-hydrogen) atoms. The molecule has 1 aromatic heterocycles. The van der Waals surface area contributed by atoms with Gasteiger partial charge >= 0.3 is 11.7 Å². The van der Waals surface area contributed by atoms with Crippen LogP contribution in [0.15, 0.2) is 95.5 Å². The molecule has 0 atom stereocenters. The van der Waals surface area contributed by atoms with Crippen LogP contribution in [0.1, 0.15) is 22.8 Å². The number of carbonyl (C=O) groups is 2. The van der Waals surface area contributed by atoms with Gasteiger partial charge in [-0.3, -0.25) is 4.79 Å². The summed E-state index contributed by atoms with van der Waals surface area (Å²) in [5.74, 6) is 0.523. The summed E-state index contributed by atoms with van der Waals surface area (Å²) >= 11 is 2.91. The minimum Gasteiger partial charge on any atom is -1.00 e. The van der Waals surface area contributed by atoms with Gasteiger partial charge in [-0.25, -0.2) is 4.79 Å². The Kier molecular flexibility index (Phi) is 11.3. The van der Waals surface area contributed by atoms with Crippen LogP contribution in [-0.2, 0) is 15.3 Å². The molecule has 0 saturated carbocycles. The molecule has 3 rings (SSSR count). The number of aromatic nitrogens is 1. The van der Waals surface area contributed by atoms with Crippen molar-refractivity contribution in [1.29, 1.82) is 0 Å². The Balaban J connectivity index is 0.00000363. The van der Waals surface area contributed by atoms with Crippen molar-refractivity contribution in [2.45, 2.75) is 12.7 Å². The molecule has 0 radical (unpaired) electrons. The topological polar surface area (TPSA) is 47.3 Å². The van der Waals surface area contributed by atoms with Gasteiger partial charge in [0.25, 0.3) is 0 Å². The van der Waals surface area contributed by atoms with Gasteiger partial charge in [0.15, 0.2) is 18.2 Å². The number of pyridine rings is 1. The van der Waals surface area contributed by atoms with E-state index in [1.165, 1.54) is 23.5 Å². The molecule has 0 spiro atoms. The molecule has 0 aliphatic heterocycles. The standard InChI is InChI=1S/C25H24NO3S2.BrH/c1-2-29-24(28)23(26-16-10-5-11-17-26)25(30-18-20-12-6-3-7-13-20)31-19-22(27)21-14-8-4-9-15-21;/h3-17H,2,18-19H2,1H3;1H/q+1;/p-1/b25-23-;. The average molecular weight is 531 g/mol. The molecule has 0 unspecified atom stereocenters. The van der Waals surface area contributed by atoms with Crippen LogP contribution in [0.5, 0.6) is 0 Å². The molecule has 0 saturated heterocycles. The molecular weight excluding hydrogens is 506 g/mol. The minimum atomic E-state index is -0.408. The molecule has 0 aliphatic rings. The number of rotatable bonds is 10. The van der Waals surface area contributed by atoms with E-state index in [2.05, 4.69) is 0 Å². The summed E-state index contributed by atoms with van der Waals surface area (Å²) in [4.78, 5) is 25.6. The number of Topliss-reactive ketones (excluding diaryl/α,β-unsaturated/α-hetero) is 1. The number of esters is 1. The lowest BCUT2D eigenvalue weighted by molar-refractivity contribution is -0.578. The first kappa shape index (κ1) is 25.9. The lowest BCUT2D eigenvalue weighted by Crippen LogP contribution is -3.00. The maximum absolute atomic E-state index is 12.9. The number of benzene rings is 2. The van der Waals surface area contributed by atoms with Gasteiger partial charge in [-0.05, 0) is 12.5 Å². The van der Waals surface area contributed by atoms with Crippen LogP contribution in [0, 0.1) is 0 Å². The van der Waals surface area contributed by atoms with E-state index >= 15 is 0 Å². The summed E-state index contributed by atoms with van der Waals surface area (Å²) in [7, 11) is 0. The third kappa shape index (κ3) is 7.65. The Morgan fingerprint density at radius 3 is 2.06 bits per heavy atom. The largest absolute Gasteiger partial charge is 1.00 e. The van der Waals surface area contributed by atoms with Crippen LogP contribution in [0.3, 0.4) is 0 Å². The van der Waals surface area contributed by atoms with E-state index in [0.717, 1.165) is 9.80 Å². The zero-order valence-corrected chi connectivity index (χ0v) is 20.9. The monoisotopic (exact) mass is 529 g/mol. The quantitative estimate of drug-likeness (QED) is 0.174. The van der Waals surface area contributed by atoms with Crippen molar-refractivity contribution in [1.82, 2.24) is 0 Å². The minimum absolute atomic E-state index is 0. The van der Waals surface area contributed by atoms with Crippen molar-refractivity contribution >= 4 is 41.0 Å². The van der Waals surface area contributed by atoms with Gasteiger partial charge < -0.3 is 21.7 Å². The number of ether oxygens (including phenoxy) is 1. The summed E-state index contributed by atoms with van der Waals surface area (Å²) < 4.78 is 7.86. The molecule has 2 aromatic carbocycles. The number of hydrogen-bond donors (Lipinski definition) is 0. The lowest BCUT2D eigenvalue weighted by atomic mass is 10.2. The molecule has 166 valence electrons. The summed E-state index contributed by atoms with van der Waals surface area (Å²) in [6, 6.07) is 24.9. The maximum atomic E-state index is 12.9. The summed E-state index contributed by atoms with van der Waals surface area (Å²) in [5, 5.41) is 0. The zero-order valence-electron chi connectivity index (χ0n) is 17.6. The highest BCUT2D eigenvalue weighted by molar-refractivity contribution is 8.22. The van der Waals surface area contributed by atoms with E-state index in [0.29, 0.717) is 17.0 Å². The van der Waals surface area contributed by atoms with Crippen LogP contribution >= 0.6 is 23.5 Å². The van der Waals surface area contributed by atoms with Crippen LogP contribution < -0.4 is 21.5 Å². The molecule has 0 bridgehead atoms. The van der Waals surface area contributed by atoms with E-state index < -0.39 is 5.97 Å². The number of carbonyl (C=O) groups excluding carboxylic acids is 2. The normalized spacial score (nSPS) is 11.2. The van der Waals surface area contributed by atoms with Gasteiger partial charge in [0.1, 0.15) is 4.24 Å². The van der Waals surface area contributed by atoms with Gasteiger partial charge in [-0.2, -0.15) is 4.57 Å². The molecule has 1 heterocycles. The molecule has 0 aliphatic carbocycles. The first-order valence-electron chi connectivity index (χ1n) is 9.95. The molecule has 0 amide bonds. The fourth-order valence-corrected chi connectivity index (χ4v) is 5.04. The summed E-state index contributed by atoms with van der Waals surface area (Å²) in [5.41, 5.74) is 2.22. The number of hydrogen-bond acceptors (Lipinski definition) is 5. The fourth-order valence-electron chi connectivity index (χ4n) is 2.78. The van der Waals surface area contributed by atoms with E-state index in [1.54, 1.807) is 11.5 Å². The van der Waals surface area contributed by atoms with Crippen molar-refractivity contribution in [3.8, 4) is 0 Å². The zero-order chi connectivity index (χ0) is 21.9. The Bertz CT molecular complexity index is 1030. The highest BCUT2D eigenvalue weighted by Gasteiger charge is 2.28. The second-order valence-electron chi connectivity index (χ2n) is 6.49. The van der Waals surface area contributed by atoms with E-state index in [1.807, 2.05) is 91.3 Å². The van der Waals surface area contributed by atoms with Gasteiger partial charge in [-0.1, -0.05) is 66.7 Å². The van der Waals surface area contributed by atoms with Crippen LogP contribution in [0.4, 0.5) is 0 Å². The van der Waals surface area contributed by atoms with E-state index in [4.69, 9.17) is 4.74 Å². The van der Waals surface area contributed by atoms with E-state index in [9.17, 15) is 9.59 Å². The van der Waals surface area contributed by atoms with Crippen molar-refractivity contribution in [3.05, 3.63) is 107 Å². The van der Waals surface area contributed by atoms with Gasteiger partial charge in [-0.15, -0.1) is 23.5 Å². The van der Waals surface area contributed by atoms with Crippen LogP contribution in [-0.4, -0.2) is 24.1 Å². The molecule has 0 N–H and O–H groups in total. The van der Waals surface area contributed by atoms with Gasteiger partial charge in [0.05, 0.1) is 12.4 Å². The van der Waals surface area contributed by atoms with Crippen LogP contribution in [0.25, 0.3) is 5.70 Å². The number of thioether (sulfide) groups is 2. The Hall–Kier alpha value is -2.35. The highest BCUT2D eigenvalue weighted by atomic mass is 79.9. The SMILES string of the molecule is CCOC(=O)/C(=C(/SCC(=O)c1ccccc1)SCc1ccccc1)[n+]1ccccc1.[Br-]. The Labute approximate surface area is 207 Å². The van der Waals surface area contributed by atoms with Crippen molar-refractivity contribution in [3.63, 3.8) is 0 Å². The Morgan fingerprint density at radius 2 is 1.44 bits per heavy atom. The molecule has 4 nitrogen and oxygen atoms in total. The Morgan fingerprint density at radius 1 is 0.844 bits per heavy atom. The van der Waals surface area contributed by atoms with Crippen LogP contribution in [0.2, 0.25) is 0 Å².